The number of ether oxygens (including phenoxy) is 2. The molecule has 1 aliphatic rings. The Labute approximate surface area is 223 Å². The molecular weight excluding hydrogens is 515 g/mol. The average molecular weight is 544 g/mol. The van der Waals surface area contributed by atoms with E-state index in [4.69, 9.17) is 9.47 Å². The van der Waals surface area contributed by atoms with E-state index in [1.54, 1.807) is 26.4 Å². The molecule has 0 radical (unpaired) electrons. The number of anilines is 1. The molecule has 0 unspecified atom stereocenters. The van der Waals surface area contributed by atoms with Crippen LogP contribution >= 0.6 is 0 Å². The predicted octanol–water partition coefficient (Wildman–Crippen LogP) is 5.51. The van der Waals surface area contributed by atoms with Crippen molar-refractivity contribution in [2.75, 3.05) is 39.3 Å². The Kier molecular flexibility index (Phi) is 8.10. The van der Waals surface area contributed by atoms with Crippen LogP contribution < -0.4 is 14.4 Å². The molecule has 0 aliphatic carbocycles. The highest BCUT2D eigenvalue weighted by Crippen LogP contribution is 2.35. The van der Waals surface area contributed by atoms with E-state index >= 15 is 0 Å². The summed E-state index contributed by atoms with van der Waals surface area (Å²) in [5, 5.41) is 11.4. The summed E-state index contributed by atoms with van der Waals surface area (Å²) in [7, 11) is 4.66. The van der Waals surface area contributed by atoms with Crippen molar-refractivity contribution < 1.29 is 32.4 Å². The normalized spacial score (nSPS) is 13.5. The molecule has 0 N–H and O–H groups in total. The van der Waals surface area contributed by atoms with Gasteiger partial charge in [0.1, 0.15) is 5.56 Å². The third kappa shape index (κ3) is 6.14. The summed E-state index contributed by atoms with van der Waals surface area (Å²) in [6.45, 7) is 2.51. The summed E-state index contributed by atoms with van der Waals surface area (Å²) < 4.78 is 49.8. The highest BCUT2D eigenvalue weighted by atomic mass is 19.4. The number of nitro groups is 1. The van der Waals surface area contributed by atoms with Gasteiger partial charge in [-0.2, -0.15) is 13.2 Å². The standard InChI is InChI=1S/C28H28F3N3O5/c1-32(27(35)23-9-6-21(28(29,30)31)16-24(23)34(36)37)22-7-4-18(5-8-22)10-12-33-13-11-19-14-25(38-2)26(39-3)15-20(19)17-33/h4-9,14-16H,10-13,17H2,1-3H3. The highest BCUT2D eigenvalue weighted by molar-refractivity contribution is 6.08. The highest BCUT2D eigenvalue weighted by Gasteiger charge is 2.34. The SMILES string of the molecule is COc1cc2c(cc1OC)CN(CCc1ccc(N(C)C(=O)c3ccc(C(F)(F)F)cc3[N+](=O)[O-])cc1)CC2. The zero-order chi connectivity index (χ0) is 28.3. The zero-order valence-corrected chi connectivity index (χ0v) is 21.7. The van der Waals surface area contributed by atoms with E-state index in [1.165, 1.54) is 23.1 Å². The molecule has 4 rings (SSSR count). The van der Waals surface area contributed by atoms with Gasteiger partial charge in [0.05, 0.1) is 24.7 Å². The molecule has 206 valence electrons. The van der Waals surface area contributed by atoms with Gasteiger partial charge >= 0.3 is 6.18 Å². The minimum absolute atomic E-state index is 0.385. The van der Waals surface area contributed by atoms with Crippen LogP contribution in [0.2, 0.25) is 0 Å². The Morgan fingerprint density at radius 2 is 1.67 bits per heavy atom. The molecule has 0 aromatic heterocycles. The van der Waals surface area contributed by atoms with Crippen molar-refractivity contribution in [1.29, 1.82) is 0 Å². The molecule has 0 saturated carbocycles. The number of methoxy groups -OCH3 is 2. The van der Waals surface area contributed by atoms with E-state index < -0.39 is 33.8 Å². The van der Waals surface area contributed by atoms with E-state index in [0.29, 0.717) is 23.6 Å². The number of nitrogens with zero attached hydrogens (tertiary/aromatic N) is 3. The van der Waals surface area contributed by atoms with Crippen molar-refractivity contribution in [3.63, 3.8) is 0 Å². The predicted molar refractivity (Wildman–Crippen MR) is 140 cm³/mol. The Hall–Kier alpha value is -4.12. The number of fused-ring (bicyclic) bond motifs is 1. The van der Waals surface area contributed by atoms with Gasteiger partial charge in [0.15, 0.2) is 11.5 Å². The second-order valence-corrected chi connectivity index (χ2v) is 9.27. The molecule has 1 amide bonds. The van der Waals surface area contributed by atoms with Gasteiger partial charge in [0, 0.05) is 38.4 Å². The van der Waals surface area contributed by atoms with Crippen LogP contribution in [-0.4, -0.2) is 50.1 Å². The van der Waals surface area contributed by atoms with Gasteiger partial charge in [-0.05, 0) is 65.9 Å². The van der Waals surface area contributed by atoms with Crippen LogP contribution in [-0.2, 0) is 25.6 Å². The molecule has 11 heteroatoms. The van der Waals surface area contributed by atoms with Gasteiger partial charge in [-0.1, -0.05) is 12.1 Å². The number of benzene rings is 3. The Morgan fingerprint density at radius 1 is 1.03 bits per heavy atom. The third-order valence-electron chi connectivity index (χ3n) is 6.89. The van der Waals surface area contributed by atoms with Crippen molar-refractivity contribution in [2.24, 2.45) is 0 Å². The number of hydrogen-bond acceptors (Lipinski definition) is 6. The molecule has 0 bridgehead atoms. The largest absolute Gasteiger partial charge is 0.493 e. The number of alkyl halides is 3. The summed E-state index contributed by atoms with van der Waals surface area (Å²) in [4.78, 5) is 26.9. The zero-order valence-electron chi connectivity index (χ0n) is 21.7. The molecule has 1 aliphatic heterocycles. The van der Waals surface area contributed by atoms with Crippen LogP contribution in [0, 0.1) is 10.1 Å². The molecule has 0 fully saturated rings. The summed E-state index contributed by atoms with van der Waals surface area (Å²) in [6, 6.07) is 13.1. The van der Waals surface area contributed by atoms with Gasteiger partial charge in [-0.25, -0.2) is 0 Å². The van der Waals surface area contributed by atoms with E-state index in [2.05, 4.69) is 4.90 Å². The number of hydrogen-bond donors (Lipinski definition) is 0. The lowest BCUT2D eigenvalue weighted by molar-refractivity contribution is -0.385. The minimum atomic E-state index is -4.76. The first-order valence-corrected chi connectivity index (χ1v) is 12.2. The maximum atomic E-state index is 13.0. The first kappa shape index (κ1) is 27.9. The van der Waals surface area contributed by atoms with Crippen molar-refractivity contribution in [3.05, 3.63) is 92.5 Å². The lowest BCUT2D eigenvalue weighted by Crippen LogP contribution is -2.32. The fourth-order valence-electron chi connectivity index (χ4n) is 4.64. The maximum Gasteiger partial charge on any atom is 0.416 e. The van der Waals surface area contributed by atoms with E-state index in [1.807, 2.05) is 24.3 Å². The van der Waals surface area contributed by atoms with Gasteiger partial charge < -0.3 is 14.4 Å². The maximum absolute atomic E-state index is 13.0. The van der Waals surface area contributed by atoms with Crippen LogP contribution in [0.5, 0.6) is 11.5 Å². The van der Waals surface area contributed by atoms with Gasteiger partial charge in [0.25, 0.3) is 11.6 Å². The second-order valence-electron chi connectivity index (χ2n) is 9.27. The smallest absolute Gasteiger partial charge is 0.416 e. The number of carbonyl (C=O) groups excluding carboxylic acids is 1. The Morgan fingerprint density at radius 3 is 2.26 bits per heavy atom. The Balaban J connectivity index is 1.41. The first-order valence-electron chi connectivity index (χ1n) is 12.2. The van der Waals surface area contributed by atoms with Crippen LogP contribution in [0.4, 0.5) is 24.5 Å². The number of halogens is 3. The lowest BCUT2D eigenvalue weighted by Gasteiger charge is -2.29. The summed E-state index contributed by atoms with van der Waals surface area (Å²) in [5.41, 5.74) is 1.45. The monoisotopic (exact) mass is 543 g/mol. The molecule has 0 spiro atoms. The van der Waals surface area contributed by atoms with Crippen LogP contribution in [0.1, 0.15) is 32.6 Å². The third-order valence-corrected chi connectivity index (χ3v) is 6.89. The Bertz CT molecular complexity index is 1380. The number of nitro benzene ring substituents is 1. The second kappa shape index (κ2) is 11.3. The summed E-state index contributed by atoms with van der Waals surface area (Å²) >= 11 is 0. The molecule has 39 heavy (non-hydrogen) atoms. The fraction of sp³-hybridized carbons (Fsp3) is 0.321. The van der Waals surface area contributed by atoms with Crippen LogP contribution in [0.3, 0.4) is 0 Å². The van der Waals surface area contributed by atoms with Gasteiger partial charge in [-0.15, -0.1) is 0 Å². The van der Waals surface area contributed by atoms with Crippen LogP contribution in [0.25, 0.3) is 0 Å². The fourth-order valence-corrected chi connectivity index (χ4v) is 4.64. The van der Waals surface area contributed by atoms with E-state index in [-0.39, 0.29) is 0 Å². The molecular formula is C28H28F3N3O5. The van der Waals surface area contributed by atoms with E-state index in [0.717, 1.165) is 49.9 Å². The number of rotatable bonds is 8. The molecule has 1 heterocycles. The summed E-state index contributed by atoms with van der Waals surface area (Å²) in [6.07, 6.45) is -3.09. The van der Waals surface area contributed by atoms with Crippen molar-refractivity contribution in [2.45, 2.75) is 25.6 Å². The van der Waals surface area contributed by atoms with Crippen molar-refractivity contribution in [1.82, 2.24) is 4.90 Å². The van der Waals surface area contributed by atoms with Crippen molar-refractivity contribution in [3.8, 4) is 11.5 Å². The van der Waals surface area contributed by atoms with Crippen molar-refractivity contribution >= 4 is 17.3 Å². The minimum Gasteiger partial charge on any atom is -0.493 e. The topological polar surface area (TPSA) is 85.2 Å². The first-order chi connectivity index (χ1) is 18.5. The molecule has 8 nitrogen and oxygen atoms in total. The average Bonchev–Trinajstić information content (AvgIpc) is 2.93. The lowest BCUT2D eigenvalue weighted by atomic mass is 9.98. The quantitative estimate of drug-likeness (QED) is 0.275. The summed E-state index contributed by atoms with van der Waals surface area (Å²) in [5.74, 6) is 0.650. The van der Waals surface area contributed by atoms with E-state index in [9.17, 15) is 28.1 Å². The number of carbonyl (C=O) groups is 1. The van der Waals surface area contributed by atoms with Gasteiger partial charge in [0.2, 0.25) is 0 Å². The van der Waals surface area contributed by atoms with Crippen LogP contribution in [0.15, 0.2) is 54.6 Å². The molecule has 0 saturated heterocycles. The molecule has 3 aromatic carbocycles. The molecule has 3 aromatic rings. The molecule has 0 atom stereocenters. The van der Waals surface area contributed by atoms with Gasteiger partial charge in [-0.3, -0.25) is 19.8 Å². The number of amides is 1.